The number of nitrogens with one attached hydrogen (secondary N) is 1. The normalized spacial score (nSPS) is 16.4. The van der Waals surface area contributed by atoms with E-state index in [1.807, 2.05) is 6.92 Å². The molecule has 1 saturated heterocycles. The second-order valence-corrected chi connectivity index (χ2v) is 6.15. The largest absolute Gasteiger partial charge is 0.544 e. The number of hydrogen-bond donors (Lipinski definition) is 2. The fourth-order valence-electron chi connectivity index (χ4n) is 2.88. The molecule has 1 aromatic rings. The Labute approximate surface area is 147 Å². The van der Waals surface area contributed by atoms with Gasteiger partial charge in [-0.1, -0.05) is 0 Å². The third kappa shape index (κ3) is 6.45. The van der Waals surface area contributed by atoms with Gasteiger partial charge in [0.2, 0.25) is 0 Å². The molecule has 1 atom stereocenters. The number of quaternary nitrogens is 2. The van der Waals surface area contributed by atoms with Gasteiger partial charge in [-0.05, 0) is 31.2 Å². The first kappa shape index (κ1) is 19.4. The summed E-state index contributed by atoms with van der Waals surface area (Å²) >= 11 is 0. The number of carboxylic acid groups (broad SMARTS) is 1. The maximum Gasteiger partial charge on any atom is 0.169 e. The van der Waals surface area contributed by atoms with E-state index in [1.54, 1.807) is 29.6 Å². The van der Waals surface area contributed by atoms with Crippen molar-refractivity contribution in [2.75, 3.05) is 46.0 Å². The molecule has 0 aliphatic carbocycles. The zero-order valence-corrected chi connectivity index (χ0v) is 14.7. The molecule has 138 valence electrons. The van der Waals surface area contributed by atoms with Gasteiger partial charge in [-0.15, -0.1) is 0 Å². The van der Waals surface area contributed by atoms with Crippen molar-refractivity contribution >= 4 is 11.8 Å². The summed E-state index contributed by atoms with van der Waals surface area (Å²) in [7, 11) is 0. The van der Waals surface area contributed by atoms with Crippen LogP contribution in [0, 0.1) is 0 Å². The van der Waals surface area contributed by atoms with E-state index in [9.17, 15) is 14.7 Å². The van der Waals surface area contributed by atoms with Crippen LogP contribution in [-0.2, 0) is 9.53 Å². The van der Waals surface area contributed by atoms with Gasteiger partial charge in [-0.25, -0.2) is 0 Å². The molecular weight excluding hydrogens is 324 g/mol. The minimum absolute atomic E-state index is 0.0746. The van der Waals surface area contributed by atoms with Crippen LogP contribution in [0.15, 0.2) is 24.3 Å². The van der Waals surface area contributed by atoms with Gasteiger partial charge in [0.25, 0.3) is 0 Å². The minimum Gasteiger partial charge on any atom is -0.544 e. The van der Waals surface area contributed by atoms with E-state index < -0.39 is 12.0 Å². The van der Waals surface area contributed by atoms with Crippen molar-refractivity contribution in [1.82, 2.24) is 0 Å². The summed E-state index contributed by atoms with van der Waals surface area (Å²) in [6.07, 6.45) is -0.0746. The summed E-state index contributed by atoms with van der Waals surface area (Å²) in [5, 5.41) is 13.0. The average Bonchev–Trinajstić information content (AvgIpc) is 2.62. The molecule has 25 heavy (non-hydrogen) atoms. The molecule has 0 unspecified atom stereocenters. The van der Waals surface area contributed by atoms with Crippen LogP contribution in [0.3, 0.4) is 0 Å². The average molecular weight is 351 g/mol. The molecule has 0 aromatic heterocycles. The number of aliphatic carboxylic acids is 1. The first-order valence-corrected chi connectivity index (χ1v) is 8.81. The number of carboxylic acids is 1. The van der Waals surface area contributed by atoms with Gasteiger partial charge in [-0.2, -0.15) is 0 Å². The second kappa shape index (κ2) is 10.1. The first-order valence-electron chi connectivity index (χ1n) is 8.81. The quantitative estimate of drug-likeness (QED) is 0.446. The molecule has 1 fully saturated rings. The van der Waals surface area contributed by atoms with Crippen molar-refractivity contribution < 1.29 is 34.4 Å². The Kier molecular flexibility index (Phi) is 7.84. The number of carbonyl (C=O) groups excluding carboxylic acids is 2. The lowest BCUT2D eigenvalue weighted by atomic mass is 10.0. The number of Topliss-reactive ketones (excluding diaryl/α,β-unsaturated/α-hetero) is 1. The molecule has 1 aliphatic rings. The van der Waals surface area contributed by atoms with Crippen molar-refractivity contribution in [2.24, 2.45) is 0 Å². The number of rotatable bonds is 10. The lowest BCUT2D eigenvalue weighted by Gasteiger charge is -2.24. The lowest BCUT2D eigenvalue weighted by molar-refractivity contribution is -0.920. The number of carbonyl (C=O) groups is 2. The topological polar surface area (TPSA) is 96.7 Å². The van der Waals surface area contributed by atoms with Crippen LogP contribution in [0.25, 0.3) is 0 Å². The maximum atomic E-state index is 12.3. The highest BCUT2D eigenvalue weighted by atomic mass is 16.5. The van der Waals surface area contributed by atoms with Crippen LogP contribution in [0.1, 0.15) is 23.7 Å². The van der Waals surface area contributed by atoms with Crippen molar-refractivity contribution in [3.05, 3.63) is 29.8 Å². The third-order valence-corrected chi connectivity index (χ3v) is 4.34. The molecule has 0 spiro atoms. The van der Waals surface area contributed by atoms with E-state index in [4.69, 9.17) is 9.47 Å². The molecule has 0 saturated carbocycles. The second-order valence-electron chi connectivity index (χ2n) is 6.15. The van der Waals surface area contributed by atoms with E-state index in [1.165, 1.54) is 4.90 Å². The number of benzene rings is 1. The van der Waals surface area contributed by atoms with Crippen molar-refractivity contribution in [3.8, 4) is 5.75 Å². The highest BCUT2D eigenvalue weighted by Gasteiger charge is 2.21. The highest BCUT2D eigenvalue weighted by Crippen LogP contribution is 2.13. The monoisotopic (exact) mass is 351 g/mol. The molecule has 2 rings (SSSR count). The molecular formula is C18H27N2O5+. The molecule has 1 aliphatic heterocycles. The van der Waals surface area contributed by atoms with Crippen molar-refractivity contribution in [2.45, 2.75) is 19.4 Å². The Hall–Kier alpha value is -1.96. The van der Waals surface area contributed by atoms with Crippen molar-refractivity contribution in [3.63, 3.8) is 0 Å². The molecule has 0 radical (unpaired) electrons. The fraction of sp³-hybridized carbons (Fsp3) is 0.556. The Bertz CT molecular complexity index is 555. The van der Waals surface area contributed by atoms with E-state index in [0.717, 1.165) is 32.8 Å². The Morgan fingerprint density at radius 3 is 2.56 bits per heavy atom. The minimum atomic E-state index is -1.20. The van der Waals surface area contributed by atoms with E-state index in [-0.39, 0.29) is 12.2 Å². The van der Waals surface area contributed by atoms with Crippen LogP contribution in [0.2, 0.25) is 0 Å². The predicted molar refractivity (Wildman–Crippen MR) is 88.5 cm³/mol. The van der Waals surface area contributed by atoms with Crippen molar-refractivity contribution in [1.29, 1.82) is 0 Å². The first-order chi connectivity index (χ1) is 12.1. The molecule has 1 aromatic carbocycles. The van der Waals surface area contributed by atoms with Gasteiger partial charge in [-0.3, -0.25) is 4.79 Å². The molecule has 1 heterocycles. The molecule has 3 N–H and O–H groups in total. The molecule has 7 heteroatoms. The summed E-state index contributed by atoms with van der Waals surface area (Å²) < 4.78 is 10.6. The molecule has 0 amide bonds. The van der Waals surface area contributed by atoms with Crippen LogP contribution in [0.5, 0.6) is 5.75 Å². The Morgan fingerprint density at radius 2 is 1.96 bits per heavy atom. The number of hydrogen-bond acceptors (Lipinski definition) is 5. The zero-order chi connectivity index (χ0) is 18.1. The van der Waals surface area contributed by atoms with Gasteiger partial charge in [0.15, 0.2) is 5.78 Å². The number of nitrogens with two attached hydrogens (primary N) is 1. The summed E-state index contributed by atoms with van der Waals surface area (Å²) in [5.41, 5.74) is 0.488. The third-order valence-electron chi connectivity index (χ3n) is 4.34. The number of ketones is 1. The van der Waals surface area contributed by atoms with Gasteiger partial charge < -0.3 is 29.6 Å². The Balaban J connectivity index is 1.82. The maximum absolute atomic E-state index is 12.3. The summed E-state index contributed by atoms with van der Waals surface area (Å²) in [5.74, 6) is -0.709. The predicted octanol–water partition coefficient (Wildman–Crippen LogP) is -2.74. The zero-order valence-electron chi connectivity index (χ0n) is 14.7. The van der Waals surface area contributed by atoms with Crippen LogP contribution in [-0.4, -0.2) is 63.8 Å². The highest BCUT2D eigenvalue weighted by molar-refractivity contribution is 5.98. The Morgan fingerprint density at radius 1 is 1.28 bits per heavy atom. The molecule has 7 nitrogen and oxygen atoms in total. The van der Waals surface area contributed by atoms with Crippen LogP contribution in [0.4, 0.5) is 0 Å². The van der Waals surface area contributed by atoms with E-state index in [2.05, 4.69) is 0 Å². The van der Waals surface area contributed by atoms with Crippen LogP contribution < -0.4 is 20.1 Å². The number of ether oxygens (including phenoxy) is 2. The fourth-order valence-corrected chi connectivity index (χ4v) is 2.88. The van der Waals surface area contributed by atoms with Gasteiger partial charge in [0.1, 0.15) is 38.0 Å². The summed E-state index contributed by atoms with van der Waals surface area (Å²) in [6.45, 7) is 7.31. The van der Waals surface area contributed by atoms with Gasteiger partial charge >= 0.3 is 0 Å². The van der Waals surface area contributed by atoms with E-state index >= 15 is 0 Å². The van der Waals surface area contributed by atoms with Crippen LogP contribution >= 0.6 is 0 Å². The summed E-state index contributed by atoms with van der Waals surface area (Å²) in [4.78, 5) is 25.1. The van der Waals surface area contributed by atoms with Gasteiger partial charge in [0, 0.05) is 5.56 Å². The smallest absolute Gasteiger partial charge is 0.169 e. The van der Waals surface area contributed by atoms with Gasteiger partial charge in [0.05, 0.1) is 32.2 Å². The SMILES string of the molecule is CCOc1ccc(C(=O)C[C@@H]([NH2+]CC[NH+]2CCOCC2)C(=O)[O-])cc1. The van der Waals surface area contributed by atoms with E-state index in [0.29, 0.717) is 24.5 Å². The summed E-state index contributed by atoms with van der Waals surface area (Å²) in [6, 6.07) is 5.90. The standard InChI is InChI=1S/C18H26N2O5/c1-2-25-15-5-3-14(4-6-15)17(21)13-16(18(22)23)19-7-8-20-9-11-24-12-10-20/h3-6,16,19H,2,7-13H2,1H3,(H,22,23)/p+1/t16-/m1/s1. The lowest BCUT2D eigenvalue weighted by Crippen LogP contribution is -3.16. The number of morpholine rings is 1. The molecule has 0 bridgehead atoms.